The van der Waals surface area contributed by atoms with Crippen LogP contribution in [0.4, 0.5) is 5.69 Å². The van der Waals surface area contributed by atoms with Crippen LogP contribution in [-0.4, -0.2) is 92.3 Å². The Morgan fingerprint density at radius 2 is 1.90 bits per heavy atom. The second-order valence-corrected chi connectivity index (χ2v) is 9.04. The van der Waals surface area contributed by atoms with Crippen molar-refractivity contribution in [2.75, 3.05) is 38.3 Å². The molecule has 0 radical (unpaired) electrons. The minimum absolute atomic E-state index is 0.107. The lowest BCUT2D eigenvalue weighted by Crippen LogP contribution is -2.65. The van der Waals surface area contributed by atoms with E-state index in [0.29, 0.717) is 29.7 Å². The number of nitrogens with zero attached hydrogens (tertiary/aromatic N) is 5. The van der Waals surface area contributed by atoms with Gasteiger partial charge in [-0.1, -0.05) is 18.2 Å². The van der Waals surface area contributed by atoms with Crippen LogP contribution in [0.1, 0.15) is 20.8 Å². The van der Waals surface area contributed by atoms with Crippen molar-refractivity contribution in [2.24, 2.45) is 11.7 Å². The Labute approximate surface area is 227 Å². The summed E-state index contributed by atoms with van der Waals surface area (Å²) in [5, 5.41) is 17.5. The summed E-state index contributed by atoms with van der Waals surface area (Å²) in [7, 11) is 1.42. The molecule has 0 aliphatic carbocycles. The van der Waals surface area contributed by atoms with Crippen molar-refractivity contribution in [2.45, 2.75) is 6.29 Å². The highest BCUT2D eigenvalue weighted by Gasteiger charge is 2.33. The second kappa shape index (κ2) is 11.1. The van der Waals surface area contributed by atoms with E-state index in [0.717, 1.165) is 5.69 Å². The van der Waals surface area contributed by atoms with Gasteiger partial charge in [0.15, 0.2) is 6.29 Å². The average molecular weight is 549 g/mol. The Kier molecular flexibility index (Phi) is 7.43. The first-order valence-corrected chi connectivity index (χ1v) is 12.3. The number of amides is 1. The number of carbonyl (C=O) groups is 3. The Hall–Kier alpha value is -4.83. The van der Waals surface area contributed by atoms with Crippen LogP contribution in [-0.2, 0) is 4.79 Å². The van der Waals surface area contributed by atoms with E-state index in [2.05, 4.69) is 25.6 Å². The number of rotatable bonds is 9. The number of aromatic nitrogens is 4. The fraction of sp³-hybridized carbons (Fsp3) is 0.240. The number of hydrogen-bond donors (Lipinski definition) is 6. The molecule has 4 aromatic rings. The number of benzene rings is 1. The molecule has 15 heteroatoms. The van der Waals surface area contributed by atoms with E-state index in [1.54, 1.807) is 0 Å². The predicted octanol–water partition coefficient (Wildman–Crippen LogP) is 0.114. The molecule has 0 spiro atoms. The molecular formula is C25H28N10O5. The van der Waals surface area contributed by atoms with E-state index in [-0.39, 0.29) is 35.8 Å². The van der Waals surface area contributed by atoms with Gasteiger partial charge in [0.1, 0.15) is 22.8 Å². The number of ketones is 1. The summed E-state index contributed by atoms with van der Waals surface area (Å²) >= 11 is 0. The number of para-hydroxylation sites is 1. The van der Waals surface area contributed by atoms with Crippen molar-refractivity contribution in [3.63, 3.8) is 0 Å². The number of carboxylic acid groups (broad SMARTS) is 1. The van der Waals surface area contributed by atoms with Crippen molar-refractivity contribution in [3.05, 3.63) is 60.0 Å². The van der Waals surface area contributed by atoms with Gasteiger partial charge in [-0.3, -0.25) is 30.4 Å². The van der Waals surface area contributed by atoms with Gasteiger partial charge in [0.2, 0.25) is 0 Å². The van der Waals surface area contributed by atoms with Gasteiger partial charge in [0.25, 0.3) is 11.7 Å². The first kappa shape index (κ1) is 26.8. The van der Waals surface area contributed by atoms with Gasteiger partial charge in [-0.15, -0.1) is 0 Å². The summed E-state index contributed by atoms with van der Waals surface area (Å²) in [4.78, 5) is 48.8. The minimum atomic E-state index is -1.18. The van der Waals surface area contributed by atoms with Crippen molar-refractivity contribution in [1.29, 1.82) is 0 Å². The second-order valence-electron chi connectivity index (χ2n) is 9.04. The number of piperazine rings is 1. The number of hydrogen-bond acceptors (Lipinski definition) is 11. The van der Waals surface area contributed by atoms with Gasteiger partial charge in [0.05, 0.1) is 35.5 Å². The van der Waals surface area contributed by atoms with Crippen molar-refractivity contribution in [1.82, 2.24) is 35.4 Å². The summed E-state index contributed by atoms with van der Waals surface area (Å²) in [6, 6.07) is 10.7. The molecule has 208 valence electrons. The number of methoxy groups -OCH3 is 1. The standard InChI is InChI=1S/C25H28N10O5/c1-40-18-13-29-20(16-11-17(24(38)39)32-31-16)21-19(18)15(12-28-21)22(36)23(37)33-7-9-34(10-8-33)25(30-26)35(27)14-5-3-2-4-6-14/h2-6,11-13,25,28,30H,7-10,26-27H2,1H3,(H,31,32)(H,38,39). The summed E-state index contributed by atoms with van der Waals surface area (Å²) in [6.45, 7) is 1.40. The molecule has 15 nitrogen and oxygen atoms in total. The van der Waals surface area contributed by atoms with Crippen LogP contribution in [0.15, 0.2) is 48.8 Å². The molecule has 3 aromatic heterocycles. The lowest BCUT2D eigenvalue weighted by atomic mass is 10.1. The molecule has 1 aliphatic heterocycles. The summed E-state index contributed by atoms with van der Waals surface area (Å²) < 4.78 is 5.42. The van der Waals surface area contributed by atoms with Crippen molar-refractivity contribution in [3.8, 4) is 17.1 Å². The first-order chi connectivity index (χ1) is 19.3. The minimum Gasteiger partial charge on any atom is -0.494 e. The molecule has 1 amide bonds. The molecule has 4 heterocycles. The summed E-state index contributed by atoms with van der Waals surface area (Å²) in [5.74, 6) is 9.80. The summed E-state index contributed by atoms with van der Waals surface area (Å²) in [5.41, 5.74) is 4.38. The van der Waals surface area contributed by atoms with Gasteiger partial charge in [-0.2, -0.15) is 5.10 Å². The molecular weight excluding hydrogens is 520 g/mol. The Balaban J connectivity index is 1.34. The highest BCUT2D eigenvalue weighted by atomic mass is 16.5. The van der Waals surface area contributed by atoms with Crippen LogP contribution in [0.3, 0.4) is 0 Å². The number of Topliss-reactive ketones (excluding diaryl/α,β-unsaturated/α-hetero) is 1. The SMILES string of the molecule is COc1cnc(-c2cc(C(=O)O)[nH]n2)c2[nH]cc(C(=O)C(=O)N3CCN(C(NN)N(N)c4ccccc4)CC3)c12. The van der Waals surface area contributed by atoms with Crippen LogP contribution < -0.4 is 26.9 Å². The highest BCUT2D eigenvalue weighted by Crippen LogP contribution is 2.34. The smallest absolute Gasteiger partial charge is 0.353 e. The van der Waals surface area contributed by atoms with Crippen LogP contribution in [0.2, 0.25) is 0 Å². The molecule has 5 rings (SSSR count). The fourth-order valence-electron chi connectivity index (χ4n) is 4.73. The van der Waals surface area contributed by atoms with E-state index in [1.165, 1.54) is 35.5 Å². The van der Waals surface area contributed by atoms with Gasteiger partial charge in [0, 0.05) is 38.4 Å². The number of pyridine rings is 1. The summed E-state index contributed by atoms with van der Waals surface area (Å²) in [6.07, 6.45) is 2.29. The van der Waals surface area contributed by atoms with Gasteiger partial charge < -0.3 is 19.7 Å². The highest BCUT2D eigenvalue weighted by molar-refractivity contribution is 6.45. The maximum atomic E-state index is 13.4. The zero-order chi connectivity index (χ0) is 28.4. The predicted molar refractivity (Wildman–Crippen MR) is 144 cm³/mol. The number of H-pyrrole nitrogens is 2. The monoisotopic (exact) mass is 548 g/mol. The van der Waals surface area contributed by atoms with Crippen LogP contribution in [0, 0.1) is 0 Å². The molecule has 1 aromatic carbocycles. The maximum Gasteiger partial charge on any atom is 0.353 e. The number of nitrogens with two attached hydrogens (primary N) is 2. The van der Waals surface area contributed by atoms with E-state index in [4.69, 9.17) is 16.4 Å². The van der Waals surface area contributed by atoms with Crippen molar-refractivity contribution >= 4 is 34.3 Å². The molecule has 0 saturated carbocycles. The molecule has 40 heavy (non-hydrogen) atoms. The van der Waals surface area contributed by atoms with Gasteiger partial charge in [-0.25, -0.2) is 21.0 Å². The third-order valence-electron chi connectivity index (χ3n) is 6.80. The molecule has 1 aliphatic rings. The lowest BCUT2D eigenvalue weighted by Gasteiger charge is -2.42. The van der Waals surface area contributed by atoms with Crippen LogP contribution in [0.5, 0.6) is 5.75 Å². The normalized spacial score (nSPS) is 14.7. The zero-order valence-electron chi connectivity index (χ0n) is 21.5. The topological polar surface area (TPSA) is 212 Å². The number of ether oxygens (including phenoxy) is 1. The zero-order valence-corrected chi connectivity index (χ0v) is 21.5. The maximum absolute atomic E-state index is 13.4. The number of fused-ring (bicyclic) bond motifs is 1. The lowest BCUT2D eigenvalue weighted by molar-refractivity contribution is -0.128. The third-order valence-corrected chi connectivity index (χ3v) is 6.80. The Morgan fingerprint density at radius 3 is 2.52 bits per heavy atom. The van der Waals surface area contributed by atoms with Crippen molar-refractivity contribution < 1.29 is 24.2 Å². The Bertz CT molecular complexity index is 1540. The van der Waals surface area contributed by atoms with E-state index >= 15 is 0 Å². The average Bonchev–Trinajstić information content (AvgIpc) is 3.66. The molecule has 1 unspecified atom stereocenters. The number of carbonyl (C=O) groups excluding carboxylic acids is 2. The largest absolute Gasteiger partial charge is 0.494 e. The molecule has 1 atom stereocenters. The van der Waals surface area contributed by atoms with E-state index < -0.39 is 23.9 Å². The number of carboxylic acids is 1. The molecule has 0 bridgehead atoms. The van der Waals surface area contributed by atoms with Crippen LogP contribution in [0.25, 0.3) is 22.3 Å². The van der Waals surface area contributed by atoms with Crippen LogP contribution >= 0.6 is 0 Å². The van der Waals surface area contributed by atoms with E-state index in [1.807, 2.05) is 35.2 Å². The quantitative estimate of drug-likeness (QED) is 0.0541. The number of nitrogens with one attached hydrogen (secondary N) is 3. The molecule has 1 fully saturated rings. The van der Waals surface area contributed by atoms with Gasteiger partial charge in [-0.05, 0) is 12.1 Å². The fourth-order valence-corrected chi connectivity index (χ4v) is 4.73. The number of hydrazine groups is 2. The molecule has 8 N–H and O–H groups in total. The first-order valence-electron chi connectivity index (χ1n) is 12.3. The number of anilines is 1. The third kappa shape index (κ3) is 4.85. The van der Waals surface area contributed by atoms with Gasteiger partial charge >= 0.3 is 5.97 Å². The number of aromatic amines is 2. The van der Waals surface area contributed by atoms with E-state index in [9.17, 15) is 19.5 Å². The number of aromatic carboxylic acids is 1. The molecule has 1 saturated heterocycles. The Morgan fingerprint density at radius 1 is 1.18 bits per heavy atom.